The molecule has 2 aromatic heterocycles. The van der Waals surface area contributed by atoms with Crippen LogP contribution in [0.1, 0.15) is 137 Å². The fraction of sp³-hybridized carbons (Fsp3) is 0.814. The first-order chi connectivity index (χ1) is 29.4. The molecule has 0 aliphatic carbocycles. The van der Waals surface area contributed by atoms with Crippen LogP contribution < -0.4 is 5.73 Å². The SMILES string of the molecule is CC(C)(C(=O)O)S(=O)(=O)C1CCOCC1.CC(C)(COC1CCCCO1)c1cc(CC(=O)C(C)(C)S(=O)(=O)C2CCOCC2)on1.CC(C)(COC1CCCCO1)c1cc(N)on1. The van der Waals surface area contributed by atoms with Crippen molar-refractivity contribution in [3.63, 3.8) is 0 Å². The quantitative estimate of drug-likeness (QED) is 0.211. The van der Waals surface area contributed by atoms with E-state index in [0.717, 1.165) is 44.4 Å². The number of hydrogen-bond acceptors (Lipinski definition) is 17. The van der Waals surface area contributed by atoms with Gasteiger partial charge in [0.25, 0.3) is 0 Å². The molecule has 0 amide bonds. The first kappa shape index (κ1) is 52.6. The Morgan fingerprint density at radius 3 is 1.48 bits per heavy atom. The number of rotatable bonds is 16. The van der Waals surface area contributed by atoms with Crippen LogP contribution in [0.4, 0.5) is 5.88 Å². The number of sulfone groups is 2. The second-order valence-corrected chi connectivity index (χ2v) is 24.5. The van der Waals surface area contributed by atoms with Crippen molar-refractivity contribution in [1.29, 1.82) is 0 Å². The van der Waals surface area contributed by atoms with Crippen molar-refractivity contribution in [2.45, 2.75) is 169 Å². The van der Waals surface area contributed by atoms with Crippen LogP contribution in [0.2, 0.25) is 0 Å². The molecule has 4 fully saturated rings. The van der Waals surface area contributed by atoms with Crippen LogP contribution in [0.15, 0.2) is 21.2 Å². The van der Waals surface area contributed by atoms with Gasteiger partial charge in [-0.05, 0) is 91.9 Å². The van der Waals surface area contributed by atoms with Crippen LogP contribution in [0.25, 0.3) is 0 Å². The number of aliphatic carboxylic acids is 1. The summed E-state index contributed by atoms with van der Waals surface area (Å²) in [5.41, 5.74) is 6.34. The summed E-state index contributed by atoms with van der Waals surface area (Å²) < 4.78 is 90.4. The summed E-state index contributed by atoms with van der Waals surface area (Å²) in [6.07, 6.45) is 7.52. The number of carbonyl (C=O) groups excluding carboxylic acids is 1. The van der Waals surface area contributed by atoms with Gasteiger partial charge in [0.05, 0.1) is 41.5 Å². The van der Waals surface area contributed by atoms with Crippen molar-refractivity contribution in [3.05, 3.63) is 29.3 Å². The topological polar surface area (TPSA) is 256 Å². The van der Waals surface area contributed by atoms with Crippen LogP contribution >= 0.6 is 0 Å². The standard InChI is InChI=1S/C22H35NO7S.C12H20N2O3.C9H16O5S/c1-21(2,15-29-20-7-5-6-10-28-20)18-13-16(30-23-18)14-19(24)22(3,4)31(25,26)17-8-11-27-12-9-17;1-12(2,9-7-10(13)17-14-9)8-16-11-5-3-4-6-15-11;1-9(2,8(10)11)15(12,13)7-3-5-14-6-4-7/h13,17,20H,5-12,14-15H2,1-4H3;7,11H,3-6,8,13H2,1-2H3;7H,3-6H2,1-2H3,(H,10,11). The normalized spacial score (nSPS) is 21.4. The molecule has 6 rings (SSSR count). The van der Waals surface area contributed by atoms with Crippen molar-refractivity contribution in [2.75, 3.05) is 58.6 Å². The highest BCUT2D eigenvalue weighted by Crippen LogP contribution is 2.32. The first-order valence-corrected chi connectivity index (χ1v) is 25.1. The lowest BCUT2D eigenvalue weighted by atomic mass is 9.90. The van der Waals surface area contributed by atoms with E-state index in [1.807, 2.05) is 27.7 Å². The molecule has 2 aromatic rings. The molecule has 0 aromatic carbocycles. The summed E-state index contributed by atoms with van der Waals surface area (Å²) in [7, 11) is -7.29. The highest BCUT2D eigenvalue weighted by molar-refractivity contribution is 7.94. The van der Waals surface area contributed by atoms with E-state index in [2.05, 4.69) is 10.3 Å². The second-order valence-electron chi connectivity index (χ2n) is 18.9. The Kier molecular flexibility index (Phi) is 18.8. The fourth-order valence-electron chi connectivity index (χ4n) is 7.22. The average molecular weight is 934 g/mol. The number of nitrogen functional groups attached to an aromatic ring is 1. The molecule has 2 unspecified atom stereocenters. The monoisotopic (exact) mass is 933 g/mol. The maximum Gasteiger partial charge on any atom is 0.324 e. The average Bonchev–Trinajstić information content (AvgIpc) is 3.94. The lowest BCUT2D eigenvalue weighted by Gasteiger charge is -2.31. The van der Waals surface area contributed by atoms with Crippen LogP contribution in [-0.4, -0.2) is 129 Å². The zero-order valence-electron chi connectivity index (χ0n) is 38.4. The molecular weight excluding hydrogens is 863 g/mol. The van der Waals surface area contributed by atoms with Crippen LogP contribution in [0, 0.1) is 0 Å². The molecule has 18 nitrogen and oxygen atoms in total. The Bertz CT molecular complexity index is 1970. The van der Waals surface area contributed by atoms with Crippen molar-refractivity contribution in [1.82, 2.24) is 10.3 Å². The van der Waals surface area contributed by atoms with Gasteiger partial charge in [-0.25, -0.2) is 16.8 Å². The summed E-state index contributed by atoms with van der Waals surface area (Å²) in [6, 6.07) is 3.46. The molecule has 6 heterocycles. The van der Waals surface area contributed by atoms with E-state index in [0.29, 0.717) is 89.3 Å². The van der Waals surface area contributed by atoms with E-state index in [4.69, 9.17) is 48.3 Å². The minimum absolute atomic E-state index is 0.0766. The number of aromatic nitrogens is 2. The van der Waals surface area contributed by atoms with Crippen LogP contribution in [0.5, 0.6) is 0 Å². The minimum atomic E-state index is -3.65. The number of anilines is 1. The summed E-state index contributed by atoms with van der Waals surface area (Å²) in [6.45, 7) is 17.6. The Morgan fingerprint density at radius 2 is 1.08 bits per heavy atom. The molecule has 3 N–H and O–H groups in total. The van der Waals surface area contributed by atoms with E-state index in [1.54, 1.807) is 12.1 Å². The molecule has 4 aliphatic heterocycles. The van der Waals surface area contributed by atoms with Crippen LogP contribution in [0.3, 0.4) is 0 Å². The summed E-state index contributed by atoms with van der Waals surface area (Å²) in [5.74, 6) is -1.00. The lowest BCUT2D eigenvalue weighted by Crippen LogP contribution is -2.48. The zero-order valence-corrected chi connectivity index (χ0v) is 40.0. The van der Waals surface area contributed by atoms with Crippen molar-refractivity contribution in [2.24, 2.45) is 0 Å². The molecule has 360 valence electrons. The Morgan fingerprint density at radius 1 is 0.651 bits per heavy atom. The third-order valence-electron chi connectivity index (χ3n) is 12.2. The highest BCUT2D eigenvalue weighted by Gasteiger charge is 2.48. The molecule has 2 atom stereocenters. The zero-order chi connectivity index (χ0) is 46.7. The maximum atomic E-state index is 13.1. The van der Waals surface area contributed by atoms with Gasteiger partial charge in [0.15, 0.2) is 42.8 Å². The molecule has 63 heavy (non-hydrogen) atoms. The van der Waals surface area contributed by atoms with E-state index in [9.17, 15) is 26.4 Å². The van der Waals surface area contributed by atoms with Crippen LogP contribution in [-0.2, 0) is 74.9 Å². The van der Waals surface area contributed by atoms with E-state index < -0.39 is 56.8 Å². The number of ether oxygens (including phenoxy) is 6. The van der Waals surface area contributed by atoms with E-state index in [-0.39, 0.29) is 24.4 Å². The summed E-state index contributed by atoms with van der Waals surface area (Å²) in [5, 5.41) is 15.8. The number of hydrogen-bond donors (Lipinski definition) is 2. The predicted octanol–water partition coefficient (Wildman–Crippen LogP) is 5.50. The fourth-order valence-corrected chi connectivity index (χ4v) is 11.1. The third kappa shape index (κ3) is 14.0. The molecule has 20 heteroatoms. The van der Waals surface area contributed by atoms with Gasteiger partial charge in [-0.3, -0.25) is 9.59 Å². The lowest BCUT2D eigenvalue weighted by molar-refractivity contribution is -0.170. The Labute approximate surface area is 372 Å². The molecular formula is C43H71N3O15S2. The molecule has 0 spiro atoms. The molecule has 0 radical (unpaired) electrons. The number of carboxylic acid groups (broad SMARTS) is 1. The summed E-state index contributed by atoms with van der Waals surface area (Å²) >= 11 is 0. The number of Topliss-reactive ketones (excluding diaryl/α,β-unsaturated/α-hetero) is 1. The highest BCUT2D eigenvalue weighted by atomic mass is 32.2. The number of carboxylic acids is 1. The summed E-state index contributed by atoms with van der Waals surface area (Å²) in [4.78, 5) is 23.9. The van der Waals surface area contributed by atoms with Crippen molar-refractivity contribution in [3.8, 4) is 0 Å². The van der Waals surface area contributed by atoms with Gasteiger partial charge in [0, 0.05) is 62.6 Å². The minimum Gasteiger partial charge on any atom is -0.480 e. The smallest absolute Gasteiger partial charge is 0.324 e. The maximum absolute atomic E-state index is 13.1. The number of nitrogens with zero attached hydrogens (tertiary/aromatic N) is 2. The largest absolute Gasteiger partial charge is 0.480 e. The van der Waals surface area contributed by atoms with Crippen molar-refractivity contribution < 1.29 is 69.0 Å². The van der Waals surface area contributed by atoms with Crippen molar-refractivity contribution >= 4 is 37.3 Å². The molecule has 0 saturated carbocycles. The number of carbonyl (C=O) groups is 2. The van der Waals surface area contributed by atoms with Gasteiger partial charge in [0.2, 0.25) is 5.88 Å². The number of ketones is 1. The Balaban J connectivity index is 0.000000229. The van der Waals surface area contributed by atoms with Gasteiger partial charge in [-0.15, -0.1) is 0 Å². The second kappa shape index (κ2) is 22.5. The van der Waals surface area contributed by atoms with E-state index in [1.165, 1.54) is 34.1 Å². The predicted molar refractivity (Wildman–Crippen MR) is 233 cm³/mol. The number of nitrogens with two attached hydrogens (primary N) is 1. The Hall–Kier alpha value is -2.98. The van der Waals surface area contributed by atoms with Gasteiger partial charge < -0.3 is 48.3 Å². The van der Waals surface area contributed by atoms with Gasteiger partial charge in [-0.1, -0.05) is 38.0 Å². The van der Waals surface area contributed by atoms with Gasteiger partial charge in [-0.2, -0.15) is 0 Å². The molecule has 0 bridgehead atoms. The third-order valence-corrected chi connectivity index (χ3v) is 18.1. The first-order valence-electron chi connectivity index (χ1n) is 22.0. The van der Waals surface area contributed by atoms with Gasteiger partial charge >= 0.3 is 5.97 Å². The molecule has 4 aliphatic rings. The molecule has 4 saturated heterocycles. The van der Waals surface area contributed by atoms with Gasteiger partial charge in [0.1, 0.15) is 10.5 Å². The van der Waals surface area contributed by atoms with E-state index >= 15 is 0 Å².